The molecular weight excluding hydrogens is 268 g/mol. The van der Waals surface area contributed by atoms with Gasteiger partial charge in [-0.3, -0.25) is 0 Å². The minimum absolute atomic E-state index is 0.788. The van der Waals surface area contributed by atoms with Crippen LogP contribution in [-0.2, 0) is 0 Å². The van der Waals surface area contributed by atoms with Gasteiger partial charge >= 0.3 is 0 Å². The molecule has 1 heterocycles. The Bertz CT molecular complexity index is 451. The fourth-order valence-electron chi connectivity index (χ4n) is 2.10. The Balaban J connectivity index is 0.000000261. The first-order chi connectivity index (χ1) is 10.7. The first kappa shape index (κ1) is 18.3. The van der Waals surface area contributed by atoms with Crippen LogP contribution in [0.25, 0.3) is 11.4 Å². The Morgan fingerprint density at radius 1 is 0.682 bits per heavy atom. The van der Waals surface area contributed by atoms with Crippen LogP contribution in [0.2, 0.25) is 0 Å². The average Bonchev–Trinajstić information content (AvgIpc) is 2.54. The summed E-state index contributed by atoms with van der Waals surface area (Å²) in [4.78, 5) is 8.53. The standard InChI is InChI=1S/C12H12N2.C8H18/c1-9-3-5-11(6-4-9)12-13-7-10(2)8-14-12;1-3-5-7-8-6-4-2/h3-8H,1-2H3;3-8H2,1-2H3. The third kappa shape index (κ3) is 7.35. The van der Waals surface area contributed by atoms with Gasteiger partial charge in [0, 0.05) is 18.0 Å². The van der Waals surface area contributed by atoms with Crippen LogP contribution >= 0.6 is 0 Å². The van der Waals surface area contributed by atoms with E-state index in [9.17, 15) is 0 Å². The summed E-state index contributed by atoms with van der Waals surface area (Å²) < 4.78 is 0. The van der Waals surface area contributed by atoms with Gasteiger partial charge in [-0.1, -0.05) is 82.2 Å². The SMILES string of the molecule is CCCCCCCC.Cc1ccc(-c2ncc(C)cn2)cc1. The predicted octanol–water partition coefficient (Wildman–Crippen LogP) is 6.13. The molecule has 0 N–H and O–H groups in total. The van der Waals surface area contributed by atoms with E-state index >= 15 is 0 Å². The molecule has 0 fully saturated rings. The molecule has 22 heavy (non-hydrogen) atoms. The molecule has 0 spiro atoms. The van der Waals surface area contributed by atoms with Crippen molar-refractivity contribution in [1.82, 2.24) is 9.97 Å². The van der Waals surface area contributed by atoms with Crippen molar-refractivity contribution in [2.45, 2.75) is 66.2 Å². The molecule has 0 atom stereocenters. The number of rotatable bonds is 6. The van der Waals surface area contributed by atoms with Crippen LogP contribution in [0.1, 0.15) is 63.5 Å². The molecule has 2 aromatic rings. The van der Waals surface area contributed by atoms with Crippen LogP contribution in [0, 0.1) is 13.8 Å². The minimum Gasteiger partial charge on any atom is -0.236 e. The minimum atomic E-state index is 0.788. The lowest BCUT2D eigenvalue weighted by Crippen LogP contribution is -1.88. The first-order valence-corrected chi connectivity index (χ1v) is 8.53. The highest BCUT2D eigenvalue weighted by Gasteiger charge is 1.98. The van der Waals surface area contributed by atoms with Gasteiger partial charge in [0.1, 0.15) is 0 Å². The maximum Gasteiger partial charge on any atom is 0.159 e. The van der Waals surface area contributed by atoms with Gasteiger partial charge in [0.25, 0.3) is 0 Å². The molecule has 0 unspecified atom stereocenters. The lowest BCUT2D eigenvalue weighted by molar-refractivity contribution is 0.624. The predicted molar refractivity (Wildman–Crippen MR) is 96.0 cm³/mol. The zero-order valence-corrected chi connectivity index (χ0v) is 14.6. The van der Waals surface area contributed by atoms with Crippen molar-refractivity contribution in [2.75, 3.05) is 0 Å². The van der Waals surface area contributed by atoms with Crippen molar-refractivity contribution in [1.29, 1.82) is 0 Å². The normalized spacial score (nSPS) is 10.0. The van der Waals surface area contributed by atoms with Gasteiger partial charge < -0.3 is 0 Å². The summed E-state index contributed by atoms with van der Waals surface area (Å²) >= 11 is 0. The molecule has 0 radical (unpaired) electrons. The van der Waals surface area contributed by atoms with E-state index in [0.717, 1.165) is 17.0 Å². The van der Waals surface area contributed by atoms with E-state index in [1.165, 1.54) is 44.1 Å². The molecule has 0 saturated heterocycles. The zero-order chi connectivity index (χ0) is 16.2. The van der Waals surface area contributed by atoms with Crippen molar-refractivity contribution >= 4 is 0 Å². The summed E-state index contributed by atoms with van der Waals surface area (Å²) in [7, 11) is 0. The first-order valence-electron chi connectivity index (χ1n) is 8.53. The molecule has 2 rings (SSSR count). The molecule has 2 nitrogen and oxygen atoms in total. The Morgan fingerprint density at radius 2 is 1.18 bits per heavy atom. The number of nitrogens with zero attached hydrogens (tertiary/aromatic N) is 2. The van der Waals surface area contributed by atoms with Crippen LogP contribution < -0.4 is 0 Å². The lowest BCUT2D eigenvalue weighted by atomic mass is 10.1. The highest BCUT2D eigenvalue weighted by atomic mass is 14.9. The maximum absolute atomic E-state index is 4.27. The van der Waals surface area contributed by atoms with Crippen molar-refractivity contribution < 1.29 is 0 Å². The van der Waals surface area contributed by atoms with E-state index in [0.29, 0.717) is 0 Å². The van der Waals surface area contributed by atoms with E-state index in [1.54, 1.807) is 0 Å². The van der Waals surface area contributed by atoms with Crippen molar-refractivity contribution in [3.8, 4) is 11.4 Å². The van der Waals surface area contributed by atoms with E-state index in [2.05, 4.69) is 42.9 Å². The topological polar surface area (TPSA) is 25.8 Å². The fraction of sp³-hybridized carbons (Fsp3) is 0.500. The van der Waals surface area contributed by atoms with E-state index in [4.69, 9.17) is 0 Å². The molecule has 120 valence electrons. The molecule has 0 saturated carbocycles. The molecular formula is C20H30N2. The Morgan fingerprint density at radius 3 is 1.64 bits per heavy atom. The smallest absolute Gasteiger partial charge is 0.159 e. The van der Waals surface area contributed by atoms with E-state index < -0.39 is 0 Å². The average molecular weight is 298 g/mol. The lowest BCUT2D eigenvalue weighted by Gasteiger charge is -2.00. The van der Waals surface area contributed by atoms with Crippen LogP contribution in [-0.4, -0.2) is 9.97 Å². The van der Waals surface area contributed by atoms with E-state index in [1.807, 2.05) is 31.5 Å². The van der Waals surface area contributed by atoms with Crippen molar-refractivity contribution in [3.63, 3.8) is 0 Å². The monoisotopic (exact) mass is 298 g/mol. The molecule has 0 aliphatic carbocycles. The number of benzene rings is 1. The summed E-state index contributed by atoms with van der Waals surface area (Å²) in [5.41, 5.74) is 3.40. The fourth-order valence-corrected chi connectivity index (χ4v) is 2.10. The van der Waals surface area contributed by atoms with Gasteiger partial charge in [0.15, 0.2) is 5.82 Å². The molecule has 1 aromatic heterocycles. The highest BCUT2D eigenvalue weighted by molar-refractivity contribution is 5.54. The van der Waals surface area contributed by atoms with Gasteiger partial charge in [-0.05, 0) is 19.4 Å². The highest BCUT2D eigenvalue weighted by Crippen LogP contribution is 2.14. The second kappa shape index (κ2) is 10.9. The van der Waals surface area contributed by atoms with Gasteiger partial charge in [-0.2, -0.15) is 0 Å². The Labute approximate surface area is 136 Å². The third-order valence-corrected chi connectivity index (χ3v) is 3.55. The number of hydrogen-bond acceptors (Lipinski definition) is 2. The van der Waals surface area contributed by atoms with Crippen molar-refractivity contribution in [3.05, 3.63) is 47.8 Å². The van der Waals surface area contributed by atoms with Crippen LogP contribution in [0.3, 0.4) is 0 Å². The van der Waals surface area contributed by atoms with Gasteiger partial charge in [-0.25, -0.2) is 9.97 Å². The molecule has 1 aromatic carbocycles. The Hall–Kier alpha value is -1.70. The third-order valence-electron chi connectivity index (χ3n) is 3.55. The molecule has 0 bridgehead atoms. The van der Waals surface area contributed by atoms with Crippen LogP contribution in [0.5, 0.6) is 0 Å². The molecule has 0 amide bonds. The summed E-state index contributed by atoms with van der Waals surface area (Å²) in [6.45, 7) is 8.57. The van der Waals surface area contributed by atoms with Crippen LogP contribution in [0.15, 0.2) is 36.7 Å². The second-order valence-corrected chi connectivity index (χ2v) is 5.86. The summed E-state index contributed by atoms with van der Waals surface area (Å²) in [6.07, 6.45) is 12.2. The molecule has 0 aliphatic heterocycles. The molecule has 2 heteroatoms. The van der Waals surface area contributed by atoms with E-state index in [-0.39, 0.29) is 0 Å². The quantitative estimate of drug-likeness (QED) is 0.600. The maximum atomic E-state index is 4.27. The Kier molecular flexibility index (Phi) is 9.13. The number of unbranched alkanes of at least 4 members (excludes halogenated alkanes) is 5. The summed E-state index contributed by atoms with van der Waals surface area (Å²) in [5, 5.41) is 0. The van der Waals surface area contributed by atoms with Crippen molar-refractivity contribution in [2.24, 2.45) is 0 Å². The van der Waals surface area contributed by atoms with Gasteiger partial charge in [0.2, 0.25) is 0 Å². The number of aromatic nitrogens is 2. The number of hydrogen-bond donors (Lipinski definition) is 0. The zero-order valence-electron chi connectivity index (χ0n) is 14.6. The van der Waals surface area contributed by atoms with Gasteiger partial charge in [0.05, 0.1) is 0 Å². The summed E-state index contributed by atoms with van der Waals surface area (Å²) in [5.74, 6) is 0.788. The number of aryl methyl sites for hydroxylation is 2. The largest absolute Gasteiger partial charge is 0.236 e. The summed E-state index contributed by atoms with van der Waals surface area (Å²) in [6, 6.07) is 8.22. The van der Waals surface area contributed by atoms with Crippen LogP contribution in [0.4, 0.5) is 0 Å². The second-order valence-electron chi connectivity index (χ2n) is 5.86. The van der Waals surface area contributed by atoms with Gasteiger partial charge in [-0.15, -0.1) is 0 Å². The molecule has 0 aliphatic rings.